The second-order valence-corrected chi connectivity index (χ2v) is 10.1. The van der Waals surface area contributed by atoms with E-state index in [1.165, 1.54) is 6.33 Å². The van der Waals surface area contributed by atoms with E-state index in [1.54, 1.807) is 35.2 Å². The van der Waals surface area contributed by atoms with Crippen molar-refractivity contribution in [2.24, 2.45) is 0 Å². The Balaban J connectivity index is 1.36. The number of hydrogen-bond acceptors (Lipinski definition) is 8. The lowest BCUT2D eigenvalue weighted by Gasteiger charge is -2.27. The average molecular weight is 477 g/mol. The summed E-state index contributed by atoms with van der Waals surface area (Å²) in [5.41, 5.74) is 0.901. The summed E-state index contributed by atoms with van der Waals surface area (Å²) < 4.78 is 33.7. The van der Waals surface area contributed by atoms with Crippen molar-refractivity contribution in [1.29, 1.82) is 0 Å². The first-order chi connectivity index (χ1) is 15.6. The van der Waals surface area contributed by atoms with E-state index in [9.17, 15) is 9.66 Å². The van der Waals surface area contributed by atoms with E-state index in [-0.39, 0.29) is 12.7 Å². The molecular formula is C21H21ClN4O5S. The standard InChI is InChI=1S/C21H21ClN4O5S/c22-12-3-5-13(6-4-12)32(28)19-15-18(23-10-24-19)26(11-25-15)20-17-16(14(9-27)29-20)30-21(31-17)7-1-2-8-21/h3-6,10-11,14,16-17,20,27H,1-2,7-9H2/t14-,16-,17-,20-,32?/m1/s1. The average Bonchev–Trinajstić information content (AvgIpc) is 3.58. The van der Waals surface area contributed by atoms with Crippen LogP contribution in [-0.2, 0) is 25.4 Å². The van der Waals surface area contributed by atoms with Gasteiger partial charge in [0.2, 0.25) is 0 Å². The van der Waals surface area contributed by atoms with Gasteiger partial charge in [-0.25, -0.2) is 9.97 Å². The highest BCUT2D eigenvalue weighted by molar-refractivity contribution is 7.91. The Kier molecular flexibility index (Phi) is 5.14. The summed E-state index contributed by atoms with van der Waals surface area (Å²) in [7, 11) is 0. The first kappa shape index (κ1) is 20.8. The van der Waals surface area contributed by atoms with Crippen molar-refractivity contribution < 1.29 is 23.9 Å². The molecule has 3 aliphatic rings. The van der Waals surface area contributed by atoms with Crippen LogP contribution in [-0.4, -0.2) is 59.9 Å². The van der Waals surface area contributed by atoms with Crippen LogP contribution < -0.4 is 0 Å². The van der Waals surface area contributed by atoms with E-state index in [1.807, 2.05) is 0 Å². The molecule has 3 aromatic rings. The summed E-state index contributed by atoms with van der Waals surface area (Å²) in [5, 5.41) is 10.7. The number of benzene rings is 1. The van der Waals surface area contributed by atoms with Crippen LogP contribution >= 0.6 is 11.6 Å². The minimum absolute atomic E-state index is 0.176. The van der Waals surface area contributed by atoms with Gasteiger partial charge in [-0.05, 0) is 37.1 Å². The molecule has 1 aliphatic carbocycles. The number of nitrogens with zero attached hydrogens (tertiary/aromatic N) is 4. The van der Waals surface area contributed by atoms with Crippen LogP contribution in [0, 0.1) is 0 Å². The van der Waals surface area contributed by atoms with E-state index >= 15 is 0 Å². The van der Waals surface area contributed by atoms with Gasteiger partial charge in [0.25, 0.3) is 5.03 Å². The van der Waals surface area contributed by atoms with Gasteiger partial charge in [0, 0.05) is 29.0 Å². The topological polar surface area (TPSA) is 115 Å². The number of aromatic nitrogens is 4. The van der Waals surface area contributed by atoms with Crippen LogP contribution in [0.25, 0.3) is 11.2 Å². The third-order valence-corrected chi connectivity index (χ3v) is 7.94. The molecule has 32 heavy (non-hydrogen) atoms. The lowest BCUT2D eigenvalue weighted by Crippen LogP contribution is -2.33. The van der Waals surface area contributed by atoms with Gasteiger partial charge in [0.1, 0.15) is 24.6 Å². The highest BCUT2D eigenvalue weighted by Crippen LogP contribution is 2.49. The maximum absolute atomic E-state index is 13.2. The zero-order valence-corrected chi connectivity index (χ0v) is 18.5. The van der Waals surface area contributed by atoms with Crippen molar-refractivity contribution in [2.75, 3.05) is 6.61 Å². The Labute approximate surface area is 191 Å². The predicted octanol–water partition coefficient (Wildman–Crippen LogP) is 2.59. The number of fused-ring (bicyclic) bond motifs is 2. The Morgan fingerprint density at radius 2 is 1.88 bits per heavy atom. The summed E-state index contributed by atoms with van der Waals surface area (Å²) in [5.74, 6) is -0.600. The zero-order valence-electron chi connectivity index (χ0n) is 17.0. The van der Waals surface area contributed by atoms with Crippen LogP contribution in [0.3, 0.4) is 0 Å². The van der Waals surface area contributed by atoms with Crippen LogP contribution in [0.5, 0.6) is 0 Å². The molecular weight excluding hydrogens is 456 g/mol. The largest absolute Gasteiger partial charge is 0.605 e. The molecule has 2 aliphatic heterocycles. The molecule has 5 atom stereocenters. The molecule has 3 fully saturated rings. The monoisotopic (exact) mass is 476 g/mol. The number of aliphatic hydroxyl groups excluding tert-OH is 1. The molecule has 0 radical (unpaired) electrons. The first-order valence-electron chi connectivity index (χ1n) is 10.6. The summed E-state index contributed by atoms with van der Waals surface area (Å²) in [6.07, 6.45) is 4.88. The van der Waals surface area contributed by atoms with E-state index in [0.717, 1.165) is 25.7 Å². The van der Waals surface area contributed by atoms with Crippen LogP contribution in [0.1, 0.15) is 31.9 Å². The molecule has 1 N–H and O–H groups in total. The van der Waals surface area contributed by atoms with Gasteiger partial charge >= 0.3 is 0 Å². The second kappa shape index (κ2) is 7.91. The molecule has 4 heterocycles. The van der Waals surface area contributed by atoms with E-state index < -0.39 is 35.4 Å². The van der Waals surface area contributed by atoms with Crippen molar-refractivity contribution >= 4 is 33.9 Å². The quantitative estimate of drug-likeness (QED) is 0.451. The molecule has 1 unspecified atom stereocenters. The first-order valence-corrected chi connectivity index (χ1v) is 12.1. The van der Waals surface area contributed by atoms with Crippen molar-refractivity contribution in [3.63, 3.8) is 0 Å². The molecule has 1 aromatic carbocycles. The number of aliphatic hydroxyl groups is 1. The highest BCUT2D eigenvalue weighted by atomic mass is 35.5. The number of ether oxygens (including phenoxy) is 3. The number of hydrogen-bond donors (Lipinski definition) is 1. The minimum atomic E-state index is -1.56. The van der Waals surface area contributed by atoms with E-state index in [4.69, 9.17) is 25.8 Å². The summed E-state index contributed by atoms with van der Waals surface area (Å²) in [4.78, 5) is 13.7. The second-order valence-electron chi connectivity index (χ2n) is 8.26. The van der Waals surface area contributed by atoms with Crippen molar-refractivity contribution in [3.8, 4) is 0 Å². The van der Waals surface area contributed by atoms with Gasteiger partial charge in [-0.2, -0.15) is 4.98 Å². The maximum atomic E-state index is 13.2. The normalized spacial score (nSPS) is 29.7. The molecule has 2 saturated heterocycles. The molecule has 9 nitrogen and oxygen atoms in total. The fraction of sp³-hybridized carbons (Fsp3) is 0.476. The molecule has 6 rings (SSSR count). The molecule has 2 aromatic heterocycles. The molecule has 1 saturated carbocycles. The highest BCUT2D eigenvalue weighted by Gasteiger charge is 2.59. The summed E-state index contributed by atoms with van der Waals surface area (Å²) in [6.45, 7) is -0.176. The fourth-order valence-corrected chi connectivity index (χ4v) is 6.04. The van der Waals surface area contributed by atoms with Gasteiger partial charge in [-0.15, -0.1) is 0 Å². The zero-order chi connectivity index (χ0) is 21.9. The lowest BCUT2D eigenvalue weighted by molar-refractivity contribution is -0.215. The minimum Gasteiger partial charge on any atom is -0.605 e. The van der Waals surface area contributed by atoms with Gasteiger partial charge in [0.05, 0.1) is 12.9 Å². The molecule has 168 valence electrons. The van der Waals surface area contributed by atoms with Gasteiger partial charge in [-0.3, -0.25) is 4.57 Å². The molecule has 0 amide bonds. The molecule has 11 heteroatoms. The predicted molar refractivity (Wildman–Crippen MR) is 113 cm³/mol. The summed E-state index contributed by atoms with van der Waals surface area (Å²) in [6, 6.07) is 6.77. The van der Waals surface area contributed by atoms with E-state index in [0.29, 0.717) is 26.1 Å². The Morgan fingerprint density at radius 1 is 1.12 bits per heavy atom. The van der Waals surface area contributed by atoms with Crippen molar-refractivity contribution in [1.82, 2.24) is 19.5 Å². The SMILES string of the molecule is [O-][S+](c1ccc(Cl)cc1)c1ncnc2c1ncn2[C@@H]1O[C@H](CO)[C@H]2OC3(CCCC3)O[C@H]21. The third kappa shape index (κ3) is 3.25. The van der Waals surface area contributed by atoms with Crippen LogP contribution in [0.15, 0.2) is 46.8 Å². The molecule has 0 bridgehead atoms. The maximum Gasteiger partial charge on any atom is 0.281 e. The van der Waals surface area contributed by atoms with Crippen LogP contribution in [0.4, 0.5) is 0 Å². The lowest BCUT2D eigenvalue weighted by atomic mass is 10.1. The fourth-order valence-electron chi connectivity index (χ4n) is 4.84. The Hall–Kier alpha value is -1.79. The Bertz CT molecular complexity index is 1140. The smallest absolute Gasteiger partial charge is 0.281 e. The van der Waals surface area contributed by atoms with Gasteiger partial charge < -0.3 is 23.9 Å². The van der Waals surface area contributed by atoms with Crippen LogP contribution in [0.2, 0.25) is 5.02 Å². The number of rotatable bonds is 4. The van der Waals surface area contributed by atoms with E-state index in [2.05, 4.69) is 15.0 Å². The van der Waals surface area contributed by atoms with Gasteiger partial charge in [0.15, 0.2) is 28.1 Å². The molecule has 1 spiro atoms. The number of imidazole rings is 1. The van der Waals surface area contributed by atoms with Gasteiger partial charge in [-0.1, -0.05) is 11.6 Å². The third-order valence-electron chi connectivity index (χ3n) is 6.34. The van der Waals surface area contributed by atoms with Crippen molar-refractivity contribution in [3.05, 3.63) is 41.9 Å². The van der Waals surface area contributed by atoms with Crippen molar-refractivity contribution in [2.45, 2.75) is 65.9 Å². The Morgan fingerprint density at radius 3 is 2.62 bits per heavy atom. The summed E-state index contributed by atoms with van der Waals surface area (Å²) >= 11 is 4.39. The number of halogens is 1.